The Hall–Kier alpha value is -2.10. The maximum atomic E-state index is 11.6. The molecule has 1 aromatic heterocycles. The first-order valence-electron chi connectivity index (χ1n) is 5.41. The Kier molecular flexibility index (Phi) is 3.23. The lowest BCUT2D eigenvalue weighted by Gasteiger charge is -2.12. The Morgan fingerprint density at radius 3 is 2.65 bits per heavy atom. The van der Waals surface area contributed by atoms with E-state index in [1.54, 1.807) is 0 Å². The molecule has 0 fully saturated rings. The normalized spacial score (nSPS) is 10.2. The van der Waals surface area contributed by atoms with Crippen LogP contribution in [0, 0.1) is 13.8 Å². The minimum atomic E-state index is -0.246. The van der Waals surface area contributed by atoms with Gasteiger partial charge in [-0.3, -0.25) is 9.78 Å². The third kappa shape index (κ3) is 2.53. The fraction of sp³-hybridized carbons (Fsp3) is 0.231. The van der Waals surface area contributed by atoms with E-state index in [1.807, 2.05) is 44.2 Å². The molecule has 0 saturated heterocycles. The summed E-state index contributed by atoms with van der Waals surface area (Å²) in [4.78, 5) is 21.1. The molecule has 0 spiro atoms. The average Bonchev–Trinajstić information content (AvgIpc) is 2.35. The average molecular weight is 230 g/mol. The quantitative estimate of drug-likeness (QED) is 0.802. The minimum absolute atomic E-state index is 0.246. The van der Waals surface area contributed by atoms with E-state index >= 15 is 0 Å². The summed E-state index contributed by atoms with van der Waals surface area (Å²) in [6, 6.07) is 9.72. The van der Waals surface area contributed by atoms with E-state index in [1.165, 1.54) is 10.9 Å². The predicted octanol–water partition coefficient (Wildman–Crippen LogP) is 1.49. The third-order valence-corrected chi connectivity index (χ3v) is 2.60. The molecule has 2 rings (SSSR count). The molecule has 88 valence electrons. The Morgan fingerprint density at radius 2 is 1.94 bits per heavy atom. The standard InChI is InChI=1S/C13H14N2O2/c1-10-11(2)15(13(16)8-14-10)17-9-12-6-4-3-5-7-12/h3-8H,9H2,1-2H3. The number of aryl methyl sites for hydroxylation is 1. The third-order valence-electron chi connectivity index (χ3n) is 2.60. The number of rotatable bonds is 3. The van der Waals surface area contributed by atoms with Crippen LogP contribution in [-0.4, -0.2) is 9.71 Å². The molecule has 0 aliphatic carbocycles. The van der Waals surface area contributed by atoms with E-state index in [0.29, 0.717) is 6.61 Å². The molecule has 0 atom stereocenters. The lowest BCUT2D eigenvalue weighted by molar-refractivity contribution is 0.0833. The Morgan fingerprint density at radius 1 is 1.24 bits per heavy atom. The second kappa shape index (κ2) is 4.82. The van der Waals surface area contributed by atoms with E-state index < -0.39 is 0 Å². The second-order valence-electron chi connectivity index (χ2n) is 3.82. The minimum Gasteiger partial charge on any atom is -0.406 e. The highest BCUT2D eigenvalue weighted by atomic mass is 16.7. The molecule has 0 aliphatic heterocycles. The molecular weight excluding hydrogens is 216 g/mol. The zero-order valence-electron chi connectivity index (χ0n) is 9.88. The van der Waals surface area contributed by atoms with Crippen LogP contribution in [0.3, 0.4) is 0 Å². The van der Waals surface area contributed by atoms with E-state index in [4.69, 9.17) is 4.84 Å². The van der Waals surface area contributed by atoms with Gasteiger partial charge in [0.15, 0.2) is 0 Å². The van der Waals surface area contributed by atoms with Gasteiger partial charge in [0.25, 0.3) is 0 Å². The highest BCUT2D eigenvalue weighted by Gasteiger charge is 2.04. The fourth-order valence-corrected chi connectivity index (χ4v) is 1.48. The van der Waals surface area contributed by atoms with E-state index in [0.717, 1.165) is 17.0 Å². The van der Waals surface area contributed by atoms with Crippen molar-refractivity contribution >= 4 is 0 Å². The molecule has 4 heteroatoms. The number of nitrogens with zero attached hydrogens (tertiary/aromatic N) is 2. The van der Waals surface area contributed by atoms with Crippen LogP contribution in [0.25, 0.3) is 0 Å². The fourth-order valence-electron chi connectivity index (χ4n) is 1.48. The molecule has 17 heavy (non-hydrogen) atoms. The molecule has 2 aromatic rings. The molecule has 0 radical (unpaired) electrons. The van der Waals surface area contributed by atoms with Crippen LogP contribution in [0.5, 0.6) is 0 Å². The monoisotopic (exact) mass is 230 g/mol. The predicted molar refractivity (Wildman–Crippen MR) is 64.7 cm³/mol. The topological polar surface area (TPSA) is 44.1 Å². The van der Waals surface area contributed by atoms with Crippen molar-refractivity contribution in [2.75, 3.05) is 0 Å². The van der Waals surface area contributed by atoms with Gasteiger partial charge in [0, 0.05) is 0 Å². The summed E-state index contributed by atoms with van der Waals surface area (Å²) in [7, 11) is 0. The van der Waals surface area contributed by atoms with Crippen LogP contribution < -0.4 is 10.4 Å². The molecule has 0 amide bonds. The molecule has 0 saturated carbocycles. The van der Waals surface area contributed by atoms with Crippen molar-refractivity contribution in [1.82, 2.24) is 9.71 Å². The van der Waals surface area contributed by atoms with Gasteiger partial charge in [0.1, 0.15) is 6.61 Å². The van der Waals surface area contributed by atoms with E-state index in [-0.39, 0.29) is 5.56 Å². The van der Waals surface area contributed by atoms with Crippen LogP contribution in [-0.2, 0) is 6.61 Å². The zero-order chi connectivity index (χ0) is 12.3. The Balaban J connectivity index is 2.20. The highest BCUT2D eigenvalue weighted by molar-refractivity contribution is 5.13. The molecule has 1 aromatic carbocycles. The van der Waals surface area contributed by atoms with Crippen molar-refractivity contribution in [3.8, 4) is 0 Å². The number of benzene rings is 1. The SMILES string of the molecule is Cc1ncc(=O)n(OCc2ccccc2)c1C. The van der Waals surface area contributed by atoms with Gasteiger partial charge in [-0.1, -0.05) is 30.3 Å². The first kappa shape index (κ1) is 11.4. The summed E-state index contributed by atoms with van der Waals surface area (Å²) < 4.78 is 1.29. The Bertz CT molecular complexity index is 561. The Labute approximate surface area is 99.5 Å². The molecular formula is C13H14N2O2. The van der Waals surface area contributed by atoms with Gasteiger partial charge >= 0.3 is 5.56 Å². The summed E-state index contributed by atoms with van der Waals surface area (Å²) in [6.07, 6.45) is 1.27. The smallest absolute Gasteiger partial charge is 0.301 e. The zero-order valence-corrected chi connectivity index (χ0v) is 9.88. The van der Waals surface area contributed by atoms with Crippen molar-refractivity contribution in [3.63, 3.8) is 0 Å². The van der Waals surface area contributed by atoms with Crippen molar-refractivity contribution in [2.24, 2.45) is 0 Å². The maximum absolute atomic E-state index is 11.6. The highest BCUT2D eigenvalue weighted by Crippen LogP contribution is 2.01. The van der Waals surface area contributed by atoms with Crippen LogP contribution in [0.1, 0.15) is 17.0 Å². The molecule has 4 nitrogen and oxygen atoms in total. The van der Waals surface area contributed by atoms with Gasteiger partial charge in [0.2, 0.25) is 0 Å². The first-order chi connectivity index (χ1) is 8.18. The van der Waals surface area contributed by atoms with Gasteiger partial charge in [-0.15, -0.1) is 4.73 Å². The second-order valence-corrected chi connectivity index (χ2v) is 3.82. The van der Waals surface area contributed by atoms with Crippen LogP contribution in [0.15, 0.2) is 41.3 Å². The van der Waals surface area contributed by atoms with Gasteiger partial charge in [0.05, 0.1) is 17.6 Å². The number of hydrogen-bond donors (Lipinski definition) is 0. The molecule has 0 bridgehead atoms. The summed E-state index contributed by atoms with van der Waals surface area (Å²) in [5, 5.41) is 0. The van der Waals surface area contributed by atoms with Gasteiger partial charge < -0.3 is 4.84 Å². The van der Waals surface area contributed by atoms with Crippen molar-refractivity contribution in [2.45, 2.75) is 20.5 Å². The van der Waals surface area contributed by atoms with Crippen LogP contribution in [0.4, 0.5) is 0 Å². The lowest BCUT2D eigenvalue weighted by atomic mass is 10.2. The van der Waals surface area contributed by atoms with Crippen molar-refractivity contribution < 1.29 is 4.84 Å². The van der Waals surface area contributed by atoms with Gasteiger partial charge in [-0.2, -0.15) is 0 Å². The summed E-state index contributed by atoms with van der Waals surface area (Å²) in [5.41, 5.74) is 2.29. The van der Waals surface area contributed by atoms with Gasteiger partial charge in [-0.25, -0.2) is 0 Å². The molecule has 0 N–H and O–H groups in total. The van der Waals surface area contributed by atoms with E-state index in [2.05, 4.69) is 4.98 Å². The van der Waals surface area contributed by atoms with E-state index in [9.17, 15) is 4.79 Å². The maximum Gasteiger partial charge on any atom is 0.301 e. The summed E-state index contributed by atoms with van der Waals surface area (Å²) in [6.45, 7) is 4.02. The number of aromatic nitrogens is 2. The largest absolute Gasteiger partial charge is 0.406 e. The van der Waals surface area contributed by atoms with Crippen molar-refractivity contribution in [1.29, 1.82) is 0 Å². The van der Waals surface area contributed by atoms with Crippen LogP contribution >= 0.6 is 0 Å². The molecule has 0 unspecified atom stereocenters. The van der Waals surface area contributed by atoms with Crippen LogP contribution in [0.2, 0.25) is 0 Å². The summed E-state index contributed by atoms with van der Waals surface area (Å²) >= 11 is 0. The number of hydrogen-bond acceptors (Lipinski definition) is 3. The first-order valence-corrected chi connectivity index (χ1v) is 5.41. The molecule has 1 heterocycles. The molecule has 0 aliphatic rings. The summed E-state index contributed by atoms with van der Waals surface area (Å²) in [5.74, 6) is 0. The van der Waals surface area contributed by atoms with Gasteiger partial charge in [-0.05, 0) is 19.4 Å². The van der Waals surface area contributed by atoms with Crippen molar-refractivity contribution in [3.05, 3.63) is 63.8 Å². The lowest BCUT2D eigenvalue weighted by Crippen LogP contribution is -2.29.